The number of benzene rings is 1. The lowest BCUT2D eigenvalue weighted by Crippen LogP contribution is -1.89. The van der Waals surface area contributed by atoms with Crippen LogP contribution in [0.2, 0.25) is 5.02 Å². The molecule has 0 spiro atoms. The van der Waals surface area contributed by atoms with Gasteiger partial charge >= 0.3 is 0 Å². The topological polar surface area (TPSA) is 72.6 Å². The summed E-state index contributed by atoms with van der Waals surface area (Å²) in [6, 6.07) is 2.53. The summed E-state index contributed by atoms with van der Waals surface area (Å²) in [4.78, 5) is 23.2. The van der Waals surface area contributed by atoms with Crippen molar-refractivity contribution in [2.24, 2.45) is 4.99 Å². The highest BCUT2D eigenvalue weighted by atomic mass is 35.5. The molecule has 0 saturated carbocycles. The first-order chi connectivity index (χ1) is 6.56. The molecule has 0 aromatic heterocycles. The standard InChI is InChI=1S/C8H5ClN2O3/c1-5-2-6(9)8(11(13)14)3-7(5)10-4-12/h2-3H,1H3. The van der Waals surface area contributed by atoms with E-state index in [0.717, 1.165) is 6.07 Å². The molecule has 6 heteroatoms. The second-order valence-electron chi connectivity index (χ2n) is 2.55. The summed E-state index contributed by atoms with van der Waals surface area (Å²) in [6.07, 6.45) is 1.32. The van der Waals surface area contributed by atoms with Crippen LogP contribution in [0.15, 0.2) is 17.1 Å². The Labute approximate surface area is 84.2 Å². The minimum atomic E-state index is -0.633. The maximum Gasteiger partial charge on any atom is 0.290 e. The van der Waals surface area contributed by atoms with Gasteiger partial charge in [-0.15, -0.1) is 0 Å². The van der Waals surface area contributed by atoms with Crippen molar-refractivity contribution in [2.75, 3.05) is 0 Å². The number of aryl methyl sites for hydroxylation is 1. The third-order valence-electron chi connectivity index (χ3n) is 1.63. The number of hydrogen-bond acceptors (Lipinski definition) is 4. The van der Waals surface area contributed by atoms with E-state index in [2.05, 4.69) is 4.99 Å². The van der Waals surface area contributed by atoms with Crippen LogP contribution in [0.25, 0.3) is 0 Å². The van der Waals surface area contributed by atoms with Crippen LogP contribution in [-0.4, -0.2) is 11.0 Å². The molecule has 0 heterocycles. The molecule has 0 amide bonds. The normalized spacial score (nSPS) is 9.29. The number of nitro groups is 1. The van der Waals surface area contributed by atoms with Gasteiger partial charge in [-0.3, -0.25) is 10.1 Å². The van der Waals surface area contributed by atoms with Crippen molar-refractivity contribution >= 4 is 29.1 Å². The number of isocyanates is 1. The van der Waals surface area contributed by atoms with E-state index in [9.17, 15) is 14.9 Å². The second kappa shape index (κ2) is 4.00. The Hall–Kier alpha value is -1.71. The molecule has 1 aromatic rings. The Morgan fingerprint density at radius 2 is 2.21 bits per heavy atom. The molecule has 0 radical (unpaired) electrons. The zero-order valence-electron chi connectivity index (χ0n) is 7.15. The van der Waals surface area contributed by atoms with Gasteiger partial charge in [0.25, 0.3) is 5.69 Å². The van der Waals surface area contributed by atoms with E-state index in [1.807, 2.05) is 0 Å². The van der Waals surface area contributed by atoms with Crippen LogP contribution in [0.5, 0.6) is 0 Å². The molecule has 0 unspecified atom stereocenters. The quantitative estimate of drug-likeness (QED) is 0.327. The van der Waals surface area contributed by atoms with Gasteiger partial charge in [-0.2, -0.15) is 4.99 Å². The summed E-state index contributed by atoms with van der Waals surface area (Å²) >= 11 is 5.61. The van der Waals surface area contributed by atoms with Crippen molar-refractivity contribution < 1.29 is 9.72 Å². The van der Waals surface area contributed by atoms with E-state index >= 15 is 0 Å². The van der Waals surface area contributed by atoms with Crippen molar-refractivity contribution in [1.29, 1.82) is 0 Å². The number of hydrogen-bond donors (Lipinski definition) is 0. The van der Waals surface area contributed by atoms with E-state index in [1.54, 1.807) is 6.92 Å². The van der Waals surface area contributed by atoms with Gasteiger partial charge in [0.1, 0.15) is 5.02 Å². The summed E-state index contributed by atoms with van der Waals surface area (Å²) in [5.41, 5.74) is 0.520. The minimum Gasteiger partial charge on any atom is -0.258 e. The molecule has 0 aliphatic rings. The summed E-state index contributed by atoms with van der Waals surface area (Å²) in [5.74, 6) is 0. The fourth-order valence-electron chi connectivity index (χ4n) is 0.960. The fraction of sp³-hybridized carbons (Fsp3) is 0.125. The van der Waals surface area contributed by atoms with Crippen LogP contribution in [0.4, 0.5) is 11.4 Å². The molecule has 0 atom stereocenters. The van der Waals surface area contributed by atoms with Crippen LogP contribution in [0, 0.1) is 17.0 Å². The number of nitrogens with zero attached hydrogens (tertiary/aromatic N) is 2. The molecule has 0 saturated heterocycles. The van der Waals surface area contributed by atoms with Crippen LogP contribution >= 0.6 is 11.6 Å². The third-order valence-corrected chi connectivity index (χ3v) is 1.93. The highest BCUT2D eigenvalue weighted by molar-refractivity contribution is 6.32. The summed E-state index contributed by atoms with van der Waals surface area (Å²) in [6.45, 7) is 1.64. The van der Waals surface area contributed by atoms with Gasteiger partial charge in [0.2, 0.25) is 6.08 Å². The van der Waals surface area contributed by atoms with E-state index in [-0.39, 0.29) is 16.4 Å². The Balaban J connectivity index is 3.41. The van der Waals surface area contributed by atoms with E-state index < -0.39 is 4.92 Å². The zero-order valence-corrected chi connectivity index (χ0v) is 7.91. The molecule has 0 aliphatic heterocycles. The largest absolute Gasteiger partial charge is 0.290 e. The predicted octanol–water partition coefficient (Wildman–Crippen LogP) is 2.52. The Morgan fingerprint density at radius 1 is 1.57 bits per heavy atom. The van der Waals surface area contributed by atoms with Crippen molar-refractivity contribution in [2.45, 2.75) is 6.92 Å². The highest BCUT2D eigenvalue weighted by Crippen LogP contribution is 2.31. The lowest BCUT2D eigenvalue weighted by atomic mass is 10.2. The Morgan fingerprint density at radius 3 is 2.71 bits per heavy atom. The van der Waals surface area contributed by atoms with Crippen molar-refractivity contribution in [1.82, 2.24) is 0 Å². The zero-order chi connectivity index (χ0) is 10.7. The first-order valence-corrected chi connectivity index (χ1v) is 3.96. The summed E-state index contributed by atoms with van der Waals surface area (Å²) < 4.78 is 0. The van der Waals surface area contributed by atoms with Gasteiger partial charge in [-0.1, -0.05) is 11.6 Å². The number of halogens is 1. The fourth-order valence-corrected chi connectivity index (χ4v) is 1.25. The van der Waals surface area contributed by atoms with Gasteiger partial charge in [0.15, 0.2) is 0 Å². The maximum atomic E-state index is 10.5. The molecule has 1 rings (SSSR count). The molecule has 5 nitrogen and oxygen atoms in total. The van der Waals surface area contributed by atoms with Crippen LogP contribution in [-0.2, 0) is 4.79 Å². The van der Waals surface area contributed by atoms with Gasteiger partial charge in [-0.05, 0) is 18.6 Å². The smallest absolute Gasteiger partial charge is 0.258 e. The van der Waals surface area contributed by atoms with E-state index in [0.29, 0.717) is 5.56 Å². The monoisotopic (exact) mass is 212 g/mol. The third kappa shape index (κ3) is 1.96. The molecule has 0 fully saturated rings. The van der Waals surface area contributed by atoms with E-state index in [4.69, 9.17) is 11.6 Å². The van der Waals surface area contributed by atoms with Crippen molar-refractivity contribution in [3.8, 4) is 0 Å². The summed E-state index contributed by atoms with van der Waals surface area (Å²) in [5, 5.41) is 10.5. The van der Waals surface area contributed by atoms with Crippen LogP contribution in [0.3, 0.4) is 0 Å². The maximum absolute atomic E-state index is 10.5. The van der Waals surface area contributed by atoms with Crippen molar-refractivity contribution in [3.63, 3.8) is 0 Å². The number of aliphatic imine (C=N–C) groups is 1. The SMILES string of the molecule is Cc1cc(Cl)c([N+](=O)[O-])cc1N=C=O. The molecule has 72 valence electrons. The highest BCUT2D eigenvalue weighted by Gasteiger charge is 2.14. The molecular formula is C8H5ClN2O3. The molecule has 1 aromatic carbocycles. The van der Waals surface area contributed by atoms with Crippen molar-refractivity contribution in [3.05, 3.63) is 32.8 Å². The van der Waals surface area contributed by atoms with Gasteiger partial charge in [0, 0.05) is 6.07 Å². The van der Waals surface area contributed by atoms with Gasteiger partial charge < -0.3 is 0 Å². The molecule has 0 bridgehead atoms. The number of nitro benzene ring substituents is 1. The van der Waals surface area contributed by atoms with Gasteiger partial charge in [-0.25, -0.2) is 4.79 Å². The first-order valence-electron chi connectivity index (χ1n) is 3.58. The first kappa shape index (κ1) is 10.4. The lowest BCUT2D eigenvalue weighted by molar-refractivity contribution is -0.384. The summed E-state index contributed by atoms with van der Waals surface area (Å²) in [7, 11) is 0. The minimum absolute atomic E-state index is 0.0253. The molecule has 0 N–H and O–H groups in total. The second-order valence-corrected chi connectivity index (χ2v) is 2.96. The van der Waals surface area contributed by atoms with Crippen LogP contribution in [0.1, 0.15) is 5.56 Å². The average molecular weight is 213 g/mol. The Bertz CT molecular complexity index is 415. The predicted molar refractivity (Wildman–Crippen MR) is 50.6 cm³/mol. The Kier molecular flexibility index (Phi) is 2.96. The lowest BCUT2D eigenvalue weighted by Gasteiger charge is -1.99. The van der Waals surface area contributed by atoms with Gasteiger partial charge in [0.05, 0.1) is 10.6 Å². The number of carbonyl (C=O) groups excluding carboxylic acids is 1. The average Bonchev–Trinajstić information content (AvgIpc) is 2.09. The molecule has 0 aliphatic carbocycles. The molecular weight excluding hydrogens is 208 g/mol. The van der Waals surface area contributed by atoms with E-state index in [1.165, 1.54) is 12.1 Å². The molecule has 14 heavy (non-hydrogen) atoms. The van der Waals surface area contributed by atoms with Crippen LogP contribution < -0.4 is 0 Å². The number of rotatable bonds is 2.